The van der Waals surface area contributed by atoms with Gasteiger partial charge in [0.15, 0.2) is 5.69 Å². The van der Waals surface area contributed by atoms with Gasteiger partial charge in [-0.1, -0.05) is 0 Å². The number of carbonyl (C=O) groups is 1. The first-order chi connectivity index (χ1) is 9.26. The minimum Gasteiger partial charge on any atom is -0.461 e. The van der Waals surface area contributed by atoms with Crippen molar-refractivity contribution in [3.05, 3.63) is 22.8 Å². The topological polar surface area (TPSA) is 73.3 Å². The van der Waals surface area contributed by atoms with Gasteiger partial charge in [-0.25, -0.2) is 14.8 Å². The summed E-state index contributed by atoms with van der Waals surface area (Å²) in [6.07, 6.45) is 1.41. The third-order valence-electron chi connectivity index (χ3n) is 2.98. The molecule has 0 unspecified atom stereocenters. The zero-order valence-electron chi connectivity index (χ0n) is 11.4. The average Bonchev–Trinajstić information content (AvgIpc) is 2.44. The molecule has 0 saturated carbocycles. The summed E-state index contributed by atoms with van der Waals surface area (Å²) < 4.78 is 10.1. The standard InChI is InChI=1S/C13H19N3O3/c1-3-19-13(17)12-9-8-14-6-4-10(9)15-11(16-12)5-7-18-2/h14H,3-8H2,1-2H3. The lowest BCUT2D eigenvalue weighted by molar-refractivity contribution is 0.0516. The molecule has 0 atom stereocenters. The molecule has 0 saturated heterocycles. The third-order valence-corrected chi connectivity index (χ3v) is 2.98. The highest BCUT2D eigenvalue weighted by molar-refractivity contribution is 5.89. The lowest BCUT2D eigenvalue weighted by Crippen LogP contribution is -2.29. The van der Waals surface area contributed by atoms with Gasteiger partial charge in [0.25, 0.3) is 0 Å². The van der Waals surface area contributed by atoms with E-state index in [1.807, 2.05) is 0 Å². The molecule has 2 rings (SSSR count). The van der Waals surface area contributed by atoms with E-state index in [-0.39, 0.29) is 5.97 Å². The summed E-state index contributed by atoms with van der Waals surface area (Å²) in [5.74, 6) is 0.272. The number of hydrogen-bond acceptors (Lipinski definition) is 6. The Balaban J connectivity index is 2.34. The number of rotatable bonds is 5. The van der Waals surface area contributed by atoms with Crippen molar-refractivity contribution in [1.82, 2.24) is 15.3 Å². The molecule has 0 spiro atoms. The van der Waals surface area contributed by atoms with Crippen molar-refractivity contribution in [3.8, 4) is 0 Å². The van der Waals surface area contributed by atoms with Gasteiger partial charge in [0, 0.05) is 38.6 Å². The number of aromatic nitrogens is 2. The fourth-order valence-corrected chi connectivity index (χ4v) is 2.07. The number of hydrogen-bond donors (Lipinski definition) is 1. The second kappa shape index (κ2) is 6.58. The van der Waals surface area contributed by atoms with Crippen molar-refractivity contribution in [2.75, 3.05) is 26.9 Å². The second-order valence-corrected chi connectivity index (χ2v) is 4.30. The van der Waals surface area contributed by atoms with Crippen molar-refractivity contribution >= 4 is 5.97 Å². The van der Waals surface area contributed by atoms with Crippen molar-refractivity contribution in [2.24, 2.45) is 0 Å². The summed E-state index contributed by atoms with van der Waals surface area (Å²) in [5.41, 5.74) is 2.21. The number of fused-ring (bicyclic) bond motifs is 1. The predicted octanol–water partition coefficient (Wildman–Crippen LogP) is 0.488. The summed E-state index contributed by atoms with van der Waals surface area (Å²) in [6, 6.07) is 0. The van der Waals surface area contributed by atoms with Crippen molar-refractivity contribution in [1.29, 1.82) is 0 Å². The van der Waals surface area contributed by atoms with Crippen LogP contribution in [0.2, 0.25) is 0 Å². The monoisotopic (exact) mass is 265 g/mol. The first kappa shape index (κ1) is 13.9. The van der Waals surface area contributed by atoms with E-state index in [1.54, 1.807) is 14.0 Å². The fraction of sp³-hybridized carbons (Fsp3) is 0.615. The van der Waals surface area contributed by atoms with Crippen LogP contribution in [0.4, 0.5) is 0 Å². The quantitative estimate of drug-likeness (QED) is 0.781. The van der Waals surface area contributed by atoms with Gasteiger partial charge in [0.2, 0.25) is 0 Å². The summed E-state index contributed by atoms with van der Waals surface area (Å²) in [6.45, 7) is 4.16. The number of carbonyl (C=O) groups excluding carboxylic acids is 1. The molecule has 104 valence electrons. The molecule has 1 N–H and O–H groups in total. The maximum atomic E-state index is 12.0. The first-order valence-electron chi connectivity index (χ1n) is 6.51. The van der Waals surface area contributed by atoms with E-state index >= 15 is 0 Å². The van der Waals surface area contributed by atoms with Crippen LogP contribution >= 0.6 is 0 Å². The Morgan fingerprint density at radius 3 is 3.00 bits per heavy atom. The predicted molar refractivity (Wildman–Crippen MR) is 69.0 cm³/mol. The molecule has 0 bridgehead atoms. The third kappa shape index (κ3) is 3.27. The van der Waals surface area contributed by atoms with Crippen LogP contribution in [0.3, 0.4) is 0 Å². The highest BCUT2D eigenvalue weighted by atomic mass is 16.5. The largest absolute Gasteiger partial charge is 0.461 e. The van der Waals surface area contributed by atoms with E-state index in [1.165, 1.54) is 0 Å². The van der Waals surface area contributed by atoms with E-state index in [2.05, 4.69) is 15.3 Å². The van der Waals surface area contributed by atoms with Gasteiger partial charge in [0.05, 0.1) is 18.9 Å². The van der Waals surface area contributed by atoms with Crippen molar-refractivity contribution in [3.63, 3.8) is 0 Å². The van der Waals surface area contributed by atoms with E-state index in [0.717, 1.165) is 24.2 Å². The van der Waals surface area contributed by atoms with Gasteiger partial charge in [-0.2, -0.15) is 0 Å². The molecular weight excluding hydrogens is 246 g/mol. The van der Waals surface area contributed by atoms with Crippen LogP contribution in [0.1, 0.15) is 34.5 Å². The van der Waals surface area contributed by atoms with Crippen LogP contribution in [0.15, 0.2) is 0 Å². The van der Waals surface area contributed by atoms with E-state index in [9.17, 15) is 4.79 Å². The van der Waals surface area contributed by atoms with Gasteiger partial charge in [0.1, 0.15) is 5.82 Å². The molecule has 0 radical (unpaired) electrons. The Morgan fingerprint density at radius 2 is 2.26 bits per heavy atom. The fourth-order valence-electron chi connectivity index (χ4n) is 2.07. The smallest absolute Gasteiger partial charge is 0.357 e. The van der Waals surface area contributed by atoms with Gasteiger partial charge in [-0.3, -0.25) is 0 Å². The zero-order valence-corrected chi connectivity index (χ0v) is 11.4. The number of esters is 1. The summed E-state index contributed by atoms with van der Waals surface area (Å²) >= 11 is 0. The normalized spacial score (nSPS) is 14.0. The molecule has 0 fully saturated rings. The number of ether oxygens (including phenoxy) is 2. The number of nitrogens with one attached hydrogen (secondary N) is 1. The highest BCUT2D eigenvalue weighted by Crippen LogP contribution is 2.17. The van der Waals surface area contributed by atoms with Crippen LogP contribution in [-0.4, -0.2) is 42.8 Å². The lowest BCUT2D eigenvalue weighted by Gasteiger charge is -2.19. The SMILES string of the molecule is CCOC(=O)c1nc(CCOC)nc2c1CNCC2. The van der Waals surface area contributed by atoms with Gasteiger partial charge >= 0.3 is 5.97 Å². The summed E-state index contributed by atoms with van der Waals surface area (Å²) in [4.78, 5) is 20.8. The molecule has 0 amide bonds. The van der Waals surface area contributed by atoms with Crippen LogP contribution in [0.25, 0.3) is 0 Å². The molecule has 1 aliphatic rings. The van der Waals surface area contributed by atoms with Gasteiger partial charge in [-0.05, 0) is 6.92 Å². The average molecular weight is 265 g/mol. The Kier molecular flexibility index (Phi) is 4.81. The van der Waals surface area contributed by atoms with E-state index in [4.69, 9.17) is 9.47 Å². The molecule has 6 heteroatoms. The molecule has 0 aliphatic carbocycles. The second-order valence-electron chi connectivity index (χ2n) is 4.30. The Labute approximate surface area is 112 Å². The minimum atomic E-state index is -0.372. The van der Waals surface area contributed by atoms with E-state index < -0.39 is 0 Å². The maximum absolute atomic E-state index is 12.0. The minimum absolute atomic E-state index is 0.346. The highest BCUT2D eigenvalue weighted by Gasteiger charge is 2.22. The summed E-state index contributed by atoms with van der Waals surface area (Å²) in [7, 11) is 1.63. The molecular formula is C13H19N3O3. The van der Waals surface area contributed by atoms with Crippen LogP contribution < -0.4 is 5.32 Å². The van der Waals surface area contributed by atoms with Crippen molar-refractivity contribution < 1.29 is 14.3 Å². The zero-order chi connectivity index (χ0) is 13.7. The molecule has 1 aromatic heterocycles. The Hall–Kier alpha value is -1.53. The number of methoxy groups -OCH3 is 1. The van der Waals surface area contributed by atoms with Gasteiger partial charge in [-0.15, -0.1) is 0 Å². The number of nitrogens with zero attached hydrogens (tertiary/aromatic N) is 2. The Bertz CT molecular complexity index is 463. The molecule has 6 nitrogen and oxygen atoms in total. The lowest BCUT2D eigenvalue weighted by atomic mass is 10.0. The molecule has 19 heavy (non-hydrogen) atoms. The van der Waals surface area contributed by atoms with Crippen molar-refractivity contribution in [2.45, 2.75) is 26.3 Å². The molecule has 1 aromatic rings. The first-order valence-corrected chi connectivity index (χ1v) is 6.51. The van der Waals surface area contributed by atoms with Crippen LogP contribution in [-0.2, 0) is 28.9 Å². The molecule has 1 aliphatic heterocycles. The van der Waals surface area contributed by atoms with Crippen LogP contribution in [0, 0.1) is 0 Å². The maximum Gasteiger partial charge on any atom is 0.357 e. The Morgan fingerprint density at radius 1 is 1.42 bits per heavy atom. The van der Waals surface area contributed by atoms with Crippen LogP contribution in [0.5, 0.6) is 0 Å². The van der Waals surface area contributed by atoms with E-state index in [0.29, 0.717) is 37.7 Å². The molecule has 0 aromatic carbocycles. The van der Waals surface area contributed by atoms with Gasteiger partial charge < -0.3 is 14.8 Å². The summed E-state index contributed by atoms with van der Waals surface area (Å²) in [5, 5.41) is 3.23. The molecule has 2 heterocycles.